The highest BCUT2D eigenvalue weighted by Gasteiger charge is 2.40. The average Bonchev–Trinajstić information content (AvgIpc) is 2.49. The highest BCUT2D eigenvalue weighted by molar-refractivity contribution is 5.70. The van der Waals surface area contributed by atoms with Crippen LogP contribution in [0, 0.1) is 11.8 Å². The lowest BCUT2D eigenvalue weighted by atomic mass is 9.88. The Morgan fingerprint density at radius 1 is 1.36 bits per heavy atom. The second-order valence-electron chi connectivity index (χ2n) is 3.81. The molecule has 1 N–H and O–H groups in total. The molecule has 0 aliphatic heterocycles. The van der Waals surface area contributed by atoms with Gasteiger partial charge in [-0.2, -0.15) is 13.2 Å². The highest BCUT2D eigenvalue weighted by Crippen LogP contribution is 2.37. The lowest BCUT2D eigenvalue weighted by Gasteiger charge is -2.20. The predicted octanol–water partition coefficient (Wildman–Crippen LogP) is 2.83. The molecule has 1 atom stereocenters. The number of rotatable bonds is 3. The van der Waals surface area contributed by atoms with E-state index in [0.717, 1.165) is 12.8 Å². The summed E-state index contributed by atoms with van der Waals surface area (Å²) in [6, 6.07) is 0. The maximum absolute atomic E-state index is 12.1. The van der Waals surface area contributed by atoms with Crippen molar-refractivity contribution < 1.29 is 23.1 Å². The predicted molar refractivity (Wildman–Crippen MR) is 43.8 cm³/mol. The molecule has 0 aromatic rings. The van der Waals surface area contributed by atoms with Crippen LogP contribution in [0.4, 0.5) is 13.2 Å². The van der Waals surface area contributed by atoms with Gasteiger partial charge in [-0.3, -0.25) is 4.79 Å². The number of halogens is 3. The van der Waals surface area contributed by atoms with E-state index in [9.17, 15) is 18.0 Å². The van der Waals surface area contributed by atoms with E-state index in [0.29, 0.717) is 12.8 Å². The number of hydrogen-bond donors (Lipinski definition) is 1. The van der Waals surface area contributed by atoms with Crippen molar-refractivity contribution in [3.8, 4) is 0 Å². The zero-order chi connectivity index (χ0) is 10.8. The van der Waals surface area contributed by atoms with Gasteiger partial charge in [-0.1, -0.05) is 12.8 Å². The second kappa shape index (κ2) is 4.19. The molecule has 0 spiro atoms. The van der Waals surface area contributed by atoms with Gasteiger partial charge in [-0.15, -0.1) is 0 Å². The van der Waals surface area contributed by atoms with Gasteiger partial charge in [0.2, 0.25) is 0 Å². The van der Waals surface area contributed by atoms with Gasteiger partial charge in [0.05, 0.1) is 12.3 Å². The van der Waals surface area contributed by atoms with Gasteiger partial charge in [0.1, 0.15) is 0 Å². The summed E-state index contributed by atoms with van der Waals surface area (Å²) in [6.45, 7) is 0. The molecular formula is C9H13F3O2. The summed E-state index contributed by atoms with van der Waals surface area (Å²) in [4.78, 5) is 10.7. The van der Waals surface area contributed by atoms with Gasteiger partial charge in [0, 0.05) is 0 Å². The topological polar surface area (TPSA) is 37.3 Å². The van der Waals surface area contributed by atoms with Crippen LogP contribution in [-0.4, -0.2) is 17.3 Å². The third-order valence-electron chi connectivity index (χ3n) is 2.74. The van der Waals surface area contributed by atoms with E-state index in [-0.39, 0.29) is 5.92 Å². The lowest BCUT2D eigenvalue weighted by molar-refractivity contribution is -0.167. The molecule has 0 heterocycles. The maximum atomic E-state index is 12.1. The van der Waals surface area contributed by atoms with Crippen molar-refractivity contribution in [2.75, 3.05) is 0 Å². The summed E-state index contributed by atoms with van der Waals surface area (Å²) in [5, 5.41) is 8.70. The van der Waals surface area contributed by atoms with E-state index in [2.05, 4.69) is 0 Å². The zero-order valence-corrected chi connectivity index (χ0v) is 7.68. The maximum Gasteiger partial charge on any atom is 0.389 e. The van der Waals surface area contributed by atoms with E-state index < -0.39 is 24.5 Å². The Morgan fingerprint density at radius 2 is 1.86 bits per heavy atom. The molecule has 0 saturated heterocycles. The van der Waals surface area contributed by atoms with Crippen LogP contribution in [0.1, 0.15) is 32.1 Å². The molecule has 0 unspecified atom stereocenters. The lowest BCUT2D eigenvalue weighted by Crippen LogP contribution is -2.27. The van der Waals surface area contributed by atoms with Crippen molar-refractivity contribution in [3.63, 3.8) is 0 Å². The Labute approximate surface area is 80.1 Å². The summed E-state index contributed by atoms with van der Waals surface area (Å²) in [6.07, 6.45) is -2.61. The van der Waals surface area contributed by atoms with Crippen LogP contribution in [0.2, 0.25) is 0 Å². The number of carbonyl (C=O) groups is 1. The quantitative estimate of drug-likeness (QED) is 0.777. The van der Waals surface area contributed by atoms with Crippen molar-refractivity contribution in [1.29, 1.82) is 0 Å². The minimum Gasteiger partial charge on any atom is -0.481 e. The third-order valence-corrected chi connectivity index (χ3v) is 2.74. The van der Waals surface area contributed by atoms with Gasteiger partial charge in [0.15, 0.2) is 0 Å². The molecule has 2 nitrogen and oxygen atoms in total. The molecule has 14 heavy (non-hydrogen) atoms. The smallest absolute Gasteiger partial charge is 0.389 e. The van der Waals surface area contributed by atoms with E-state index in [1.165, 1.54) is 0 Å². The Balaban J connectivity index is 2.59. The van der Waals surface area contributed by atoms with Crippen LogP contribution < -0.4 is 0 Å². The molecule has 1 aliphatic rings. The first-order valence-electron chi connectivity index (χ1n) is 4.69. The van der Waals surface area contributed by atoms with Gasteiger partial charge in [-0.25, -0.2) is 0 Å². The SMILES string of the molecule is O=C(O)[C@@H](CC(F)(F)F)C1CCCC1. The normalized spacial score (nSPS) is 21.1. The van der Waals surface area contributed by atoms with Crippen LogP contribution in [0.5, 0.6) is 0 Å². The zero-order valence-electron chi connectivity index (χ0n) is 7.68. The molecule has 0 aromatic carbocycles. The highest BCUT2D eigenvalue weighted by atomic mass is 19.4. The van der Waals surface area contributed by atoms with Crippen molar-refractivity contribution in [1.82, 2.24) is 0 Å². The number of carboxylic acid groups (broad SMARTS) is 1. The number of hydrogen-bond acceptors (Lipinski definition) is 1. The Kier molecular flexibility index (Phi) is 3.39. The summed E-state index contributed by atoms with van der Waals surface area (Å²) in [5.41, 5.74) is 0. The molecule has 1 saturated carbocycles. The van der Waals surface area contributed by atoms with Gasteiger partial charge < -0.3 is 5.11 Å². The van der Waals surface area contributed by atoms with E-state index in [4.69, 9.17) is 5.11 Å². The van der Waals surface area contributed by atoms with Gasteiger partial charge >= 0.3 is 12.1 Å². The fourth-order valence-electron chi connectivity index (χ4n) is 2.06. The molecule has 82 valence electrons. The van der Waals surface area contributed by atoms with Crippen LogP contribution in [-0.2, 0) is 4.79 Å². The fourth-order valence-corrected chi connectivity index (χ4v) is 2.06. The molecule has 1 fully saturated rings. The number of carboxylic acids is 1. The second-order valence-corrected chi connectivity index (χ2v) is 3.81. The summed E-state index contributed by atoms with van der Waals surface area (Å²) < 4.78 is 36.2. The van der Waals surface area contributed by atoms with Crippen molar-refractivity contribution in [2.24, 2.45) is 11.8 Å². The largest absolute Gasteiger partial charge is 0.481 e. The third kappa shape index (κ3) is 3.20. The first-order valence-corrected chi connectivity index (χ1v) is 4.69. The molecular weight excluding hydrogens is 197 g/mol. The number of aliphatic carboxylic acids is 1. The minimum absolute atomic E-state index is 0.283. The summed E-state index contributed by atoms with van der Waals surface area (Å²) in [7, 11) is 0. The monoisotopic (exact) mass is 210 g/mol. The molecule has 0 bridgehead atoms. The van der Waals surface area contributed by atoms with E-state index in [1.807, 2.05) is 0 Å². The molecule has 0 amide bonds. The standard InChI is InChI=1S/C9H13F3O2/c10-9(11,12)5-7(8(13)14)6-3-1-2-4-6/h6-7H,1-5H2,(H,13,14)/t7-/m0/s1. The Bertz CT molecular complexity index is 207. The Hall–Kier alpha value is -0.740. The summed E-state index contributed by atoms with van der Waals surface area (Å²) in [5.74, 6) is -2.83. The summed E-state index contributed by atoms with van der Waals surface area (Å²) >= 11 is 0. The van der Waals surface area contributed by atoms with Gasteiger partial charge in [-0.05, 0) is 18.8 Å². The minimum atomic E-state index is -4.37. The van der Waals surface area contributed by atoms with Crippen molar-refractivity contribution in [3.05, 3.63) is 0 Å². The molecule has 1 rings (SSSR count). The fraction of sp³-hybridized carbons (Fsp3) is 0.889. The van der Waals surface area contributed by atoms with Gasteiger partial charge in [0.25, 0.3) is 0 Å². The van der Waals surface area contributed by atoms with E-state index in [1.54, 1.807) is 0 Å². The average molecular weight is 210 g/mol. The molecule has 5 heteroatoms. The van der Waals surface area contributed by atoms with Crippen LogP contribution in [0.15, 0.2) is 0 Å². The van der Waals surface area contributed by atoms with Crippen LogP contribution in [0.25, 0.3) is 0 Å². The molecule has 0 aromatic heterocycles. The van der Waals surface area contributed by atoms with Crippen molar-refractivity contribution >= 4 is 5.97 Å². The van der Waals surface area contributed by atoms with Crippen molar-refractivity contribution in [2.45, 2.75) is 38.3 Å². The van der Waals surface area contributed by atoms with Crippen LogP contribution in [0.3, 0.4) is 0 Å². The molecule has 1 aliphatic carbocycles. The number of alkyl halides is 3. The Morgan fingerprint density at radius 3 is 2.21 bits per heavy atom. The van der Waals surface area contributed by atoms with Crippen LogP contribution >= 0.6 is 0 Å². The first-order chi connectivity index (χ1) is 6.40. The van der Waals surface area contributed by atoms with E-state index >= 15 is 0 Å². The first kappa shape index (κ1) is 11.3. The molecule has 0 radical (unpaired) electrons.